The monoisotopic (exact) mass is 237 g/mol. The van der Waals surface area contributed by atoms with E-state index in [1.807, 2.05) is 0 Å². The van der Waals surface area contributed by atoms with Gasteiger partial charge < -0.3 is 15.1 Å². The molecule has 0 unspecified atom stereocenters. The van der Waals surface area contributed by atoms with Crippen molar-refractivity contribution in [3.8, 4) is 0 Å². The standard InChI is InChI=1S/BO3.K.La/c2-1(3)4;;/q-3;+1;+3. The summed E-state index contributed by atoms with van der Waals surface area (Å²) in [6, 6.07) is 0. The molecule has 0 rings (SSSR count). The third-order valence-electron chi connectivity index (χ3n) is 0. The molecule has 0 aliphatic heterocycles. The van der Waals surface area contributed by atoms with Crippen molar-refractivity contribution in [1.29, 1.82) is 0 Å². The maximum Gasteiger partial charge on any atom is 3.00 e. The second-order valence-corrected chi connectivity index (χ2v) is 0.289. The van der Waals surface area contributed by atoms with Crippen LogP contribution in [0.1, 0.15) is 0 Å². The van der Waals surface area contributed by atoms with Gasteiger partial charge in [-0.05, 0) is 0 Å². The van der Waals surface area contributed by atoms with Gasteiger partial charge in [0.15, 0.2) is 0 Å². The Morgan fingerprint density at radius 2 is 1.00 bits per heavy atom. The van der Waals surface area contributed by atoms with Crippen LogP contribution in [0.15, 0.2) is 0 Å². The van der Waals surface area contributed by atoms with Gasteiger partial charge in [0, 0.05) is 0 Å². The van der Waals surface area contributed by atoms with Crippen molar-refractivity contribution in [2.75, 3.05) is 0 Å². The van der Waals surface area contributed by atoms with E-state index in [-0.39, 0.29) is 87.0 Å². The molecule has 0 atom stereocenters. The zero-order valence-corrected chi connectivity index (χ0v) is 10.1. The predicted octanol–water partition coefficient (Wildman–Crippen LogP) is -6.94. The van der Waals surface area contributed by atoms with Gasteiger partial charge in [0.2, 0.25) is 0 Å². The van der Waals surface area contributed by atoms with Gasteiger partial charge in [0.1, 0.15) is 0 Å². The quantitative estimate of drug-likeness (QED) is 0.393. The van der Waals surface area contributed by atoms with Crippen LogP contribution in [-0.4, -0.2) is 7.32 Å². The molecular weight excluding hydrogens is 237 g/mol. The molecule has 0 aliphatic carbocycles. The first-order chi connectivity index (χ1) is 1.73. The smallest absolute Gasteiger partial charge is 0.907 e. The van der Waals surface area contributed by atoms with Crippen LogP contribution >= 0.6 is 0 Å². The van der Waals surface area contributed by atoms with Crippen molar-refractivity contribution in [3.63, 3.8) is 0 Å². The van der Waals surface area contributed by atoms with Crippen LogP contribution in [-0.2, 0) is 0 Å². The Balaban J connectivity index is -0.0000000450. The van der Waals surface area contributed by atoms with Crippen molar-refractivity contribution in [2.45, 2.75) is 0 Å². The van der Waals surface area contributed by atoms with E-state index in [0.717, 1.165) is 0 Å². The fourth-order valence-corrected chi connectivity index (χ4v) is 0. The molecule has 0 heterocycles. The minimum Gasteiger partial charge on any atom is -0.907 e. The molecule has 24 valence electrons. The Morgan fingerprint density at radius 1 is 1.00 bits per heavy atom. The molecule has 6 heavy (non-hydrogen) atoms. The summed E-state index contributed by atoms with van der Waals surface area (Å²) in [6.07, 6.45) is 0. The molecule has 0 spiro atoms. The molecule has 0 aliphatic rings. The fraction of sp³-hybridized carbons (Fsp3) is 0. The average molecular weight is 237 g/mol. The van der Waals surface area contributed by atoms with Crippen molar-refractivity contribution >= 4 is 7.32 Å². The van der Waals surface area contributed by atoms with E-state index in [1.165, 1.54) is 0 Å². The van der Waals surface area contributed by atoms with Crippen LogP contribution in [0.5, 0.6) is 0 Å². The van der Waals surface area contributed by atoms with Gasteiger partial charge in [-0.1, -0.05) is 0 Å². The third-order valence-corrected chi connectivity index (χ3v) is 0. The van der Waals surface area contributed by atoms with Crippen molar-refractivity contribution in [1.82, 2.24) is 0 Å². The number of hydrogen-bond donors (Lipinski definition) is 0. The van der Waals surface area contributed by atoms with E-state index in [9.17, 15) is 0 Å². The Morgan fingerprint density at radius 3 is 1.00 bits per heavy atom. The van der Waals surface area contributed by atoms with Crippen LogP contribution in [0.2, 0.25) is 0 Å². The molecule has 3 nitrogen and oxygen atoms in total. The normalized spacial score (nSPS) is 4.50. The zero-order valence-electron chi connectivity index (χ0n) is 3.38. The second-order valence-electron chi connectivity index (χ2n) is 0.289. The van der Waals surface area contributed by atoms with Gasteiger partial charge in [0.05, 0.1) is 0 Å². The average Bonchev–Trinajstić information content (AvgIpc) is 0.811. The van der Waals surface area contributed by atoms with Crippen LogP contribution in [0.3, 0.4) is 0 Å². The molecule has 0 saturated heterocycles. The Kier molecular flexibility index (Phi) is 28.4. The van der Waals surface area contributed by atoms with Gasteiger partial charge in [-0.15, -0.1) is 0 Å². The van der Waals surface area contributed by atoms with Crippen LogP contribution in [0, 0.1) is 35.6 Å². The van der Waals surface area contributed by atoms with Crippen LogP contribution in [0.4, 0.5) is 0 Å². The molecule has 6 heteroatoms. The first-order valence-electron chi connectivity index (χ1n) is 0.707. The molecular formula is BKLaO3+. The summed E-state index contributed by atoms with van der Waals surface area (Å²) in [6.45, 7) is 0. The molecule has 0 N–H and O–H groups in total. The van der Waals surface area contributed by atoms with E-state index in [1.54, 1.807) is 0 Å². The Labute approximate surface area is 107 Å². The molecule has 0 saturated carbocycles. The van der Waals surface area contributed by atoms with E-state index in [0.29, 0.717) is 0 Å². The first kappa shape index (κ1) is 15.9. The maximum atomic E-state index is 8.42. The first-order valence-corrected chi connectivity index (χ1v) is 0.707. The van der Waals surface area contributed by atoms with Crippen LogP contribution in [0.25, 0.3) is 0 Å². The summed E-state index contributed by atoms with van der Waals surface area (Å²) in [4.78, 5) is 0. The van der Waals surface area contributed by atoms with Gasteiger partial charge in [-0.3, -0.25) is 7.32 Å². The van der Waals surface area contributed by atoms with Gasteiger partial charge in [-0.25, -0.2) is 0 Å². The fourth-order valence-electron chi connectivity index (χ4n) is 0. The summed E-state index contributed by atoms with van der Waals surface area (Å²) >= 11 is 0. The molecule has 0 radical (unpaired) electrons. The van der Waals surface area contributed by atoms with Gasteiger partial charge in [-0.2, -0.15) is 0 Å². The van der Waals surface area contributed by atoms with Gasteiger partial charge in [0.25, 0.3) is 0 Å². The molecule has 0 aromatic carbocycles. The van der Waals surface area contributed by atoms with E-state index >= 15 is 0 Å². The molecule has 0 bridgehead atoms. The SMILES string of the molecule is [K+].[La+3].[O-]B([O-])[O-]. The third kappa shape index (κ3) is 29.3. The second kappa shape index (κ2) is 10.7. The summed E-state index contributed by atoms with van der Waals surface area (Å²) in [7, 11) is -2.92. The molecule has 0 aromatic rings. The zero-order chi connectivity index (χ0) is 3.58. The minimum atomic E-state index is -2.92. The van der Waals surface area contributed by atoms with E-state index < -0.39 is 7.32 Å². The molecule has 0 aromatic heterocycles. The molecule has 0 fully saturated rings. The Hall–Kier alpha value is 2.78. The van der Waals surface area contributed by atoms with Crippen LogP contribution < -0.4 is 66.5 Å². The maximum absolute atomic E-state index is 8.42. The Bertz CT molecular complexity index is 15.5. The topological polar surface area (TPSA) is 69.2 Å². The predicted molar refractivity (Wildman–Crippen MR) is 5.75 cm³/mol. The minimum absolute atomic E-state index is 0. The summed E-state index contributed by atoms with van der Waals surface area (Å²) < 4.78 is 0. The van der Waals surface area contributed by atoms with E-state index in [4.69, 9.17) is 15.1 Å². The number of hydrogen-bond acceptors (Lipinski definition) is 3. The van der Waals surface area contributed by atoms with Crippen molar-refractivity contribution < 1.29 is 102 Å². The van der Waals surface area contributed by atoms with E-state index in [2.05, 4.69) is 0 Å². The number of rotatable bonds is 0. The summed E-state index contributed by atoms with van der Waals surface area (Å²) in [5, 5.41) is 25.2. The van der Waals surface area contributed by atoms with Crippen molar-refractivity contribution in [2.24, 2.45) is 0 Å². The molecule has 0 amide bonds. The van der Waals surface area contributed by atoms with Crippen molar-refractivity contribution in [3.05, 3.63) is 0 Å². The summed E-state index contributed by atoms with van der Waals surface area (Å²) in [5.41, 5.74) is 0. The summed E-state index contributed by atoms with van der Waals surface area (Å²) in [5.74, 6) is 0. The van der Waals surface area contributed by atoms with Gasteiger partial charge >= 0.3 is 87.0 Å². The largest absolute Gasteiger partial charge is 3.00 e.